The van der Waals surface area contributed by atoms with Gasteiger partial charge in [0, 0.05) is 0 Å². The predicted octanol–water partition coefficient (Wildman–Crippen LogP) is 0.489. The summed E-state index contributed by atoms with van der Waals surface area (Å²) in [5.74, 6) is -1.26. The Morgan fingerprint density at radius 3 is 2.54 bits per heavy atom. The highest BCUT2D eigenvalue weighted by Crippen LogP contribution is 2.20. The molecule has 0 fully saturated rings. The highest BCUT2D eigenvalue weighted by atomic mass is 16.6. The Balaban J connectivity index is 2.58. The molecule has 1 heterocycles. The number of carbonyl (C=O) groups is 2. The van der Waals surface area contributed by atoms with Crippen molar-refractivity contribution in [1.82, 2.24) is 0 Å². The van der Waals surface area contributed by atoms with E-state index in [4.69, 9.17) is 5.11 Å². The normalized spacial score (nSPS) is 14.2. The number of aliphatic hydroxyl groups excluding tert-OH is 1. The van der Waals surface area contributed by atoms with Crippen LogP contribution >= 0.6 is 0 Å². The molecule has 1 aliphatic heterocycles. The van der Waals surface area contributed by atoms with Crippen molar-refractivity contribution in [3.63, 3.8) is 0 Å². The molecular weight excluding hydrogens is 172 g/mol. The van der Waals surface area contributed by atoms with Gasteiger partial charge in [0.2, 0.25) is 0 Å². The van der Waals surface area contributed by atoms with Crippen molar-refractivity contribution < 1.29 is 19.4 Å². The van der Waals surface area contributed by atoms with Gasteiger partial charge in [-0.05, 0) is 17.7 Å². The van der Waals surface area contributed by atoms with Crippen molar-refractivity contribution in [2.75, 3.05) is 0 Å². The Hall–Kier alpha value is -1.68. The Bertz CT molecular complexity index is 395. The van der Waals surface area contributed by atoms with Gasteiger partial charge in [-0.25, -0.2) is 9.59 Å². The lowest BCUT2D eigenvalue weighted by molar-refractivity contribution is 0.0444. The maximum atomic E-state index is 11.0. The lowest BCUT2D eigenvalue weighted by atomic mass is 10.1. The van der Waals surface area contributed by atoms with Gasteiger partial charge >= 0.3 is 11.9 Å². The summed E-state index contributed by atoms with van der Waals surface area (Å²) in [4.78, 5) is 22.0. The predicted molar refractivity (Wildman–Crippen MR) is 42.1 cm³/mol. The number of aliphatic hydroxyl groups is 1. The molecule has 1 aromatic carbocycles. The summed E-state index contributed by atoms with van der Waals surface area (Å²) >= 11 is 0. The molecule has 0 aliphatic carbocycles. The van der Waals surface area contributed by atoms with Crippen LogP contribution in [0.5, 0.6) is 0 Å². The van der Waals surface area contributed by atoms with Gasteiger partial charge in [0.1, 0.15) is 0 Å². The van der Waals surface area contributed by atoms with E-state index in [1.807, 2.05) is 0 Å². The van der Waals surface area contributed by atoms with Crippen molar-refractivity contribution in [3.05, 3.63) is 34.9 Å². The molecule has 0 bridgehead atoms. The molecule has 0 unspecified atom stereocenters. The van der Waals surface area contributed by atoms with E-state index in [1.165, 1.54) is 12.1 Å². The molecule has 0 atom stereocenters. The van der Waals surface area contributed by atoms with E-state index in [2.05, 4.69) is 4.74 Å². The number of benzene rings is 1. The fraction of sp³-hybridized carbons (Fsp3) is 0.111. The van der Waals surface area contributed by atoms with E-state index in [9.17, 15) is 9.59 Å². The lowest BCUT2D eigenvalue weighted by Crippen LogP contribution is -1.96. The van der Waals surface area contributed by atoms with Crippen LogP contribution in [-0.2, 0) is 11.3 Å². The van der Waals surface area contributed by atoms with Gasteiger partial charge in [-0.1, -0.05) is 6.07 Å². The van der Waals surface area contributed by atoms with Gasteiger partial charge in [0.25, 0.3) is 0 Å². The molecule has 0 radical (unpaired) electrons. The van der Waals surface area contributed by atoms with Gasteiger partial charge in [-0.3, -0.25) is 0 Å². The number of carbonyl (C=O) groups excluding carboxylic acids is 2. The molecule has 4 nitrogen and oxygen atoms in total. The van der Waals surface area contributed by atoms with Gasteiger partial charge in [-0.2, -0.15) is 0 Å². The second-order valence-corrected chi connectivity index (χ2v) is 2.72. The number of cyclic esters (lactones) is 2. The Morgan fingerprint density at radius 2 is 1.85 bits per heavy atom. The highest BCUT2D eigenvalue weighted by molar-refractivity contribution is 6.14. The number of hydrogen-bond acceptors (Lipinski definition) is 4. The standard InChI is InChI=1S/C9H6O4/c10-4-5-1-2-6-7(3-5)9(12)13-8(6)11/h1-3,10H,4H2. The van der Waals surface area contributed by atoms with Crippen LogP contribution in [0.2, 0.25) is 0 Å². The molecule has 2 rings (SSSR count). The summed E-state index contributed by atoms with van der Waals surface area (Å²) in [5, 5.41) is 8.78. The SMILES string of the molecule is O=C1OC(=O)c2cc(CO)ccc21. The van der Waals surface area contributed by atoms with Crippen LogP contribution < -0.4 is 0 Å². The van der Waals surface area contributed by atoms with Gasteiger partial charge < -0.3 is 9.84 Å². The quantitative estimate of drug-likeness (QED) is 0.502. The minimum Gasteiger partial charge on any atom is -0.392 e. The molecule has 0 spiro atoms. The van der Waals surface area contributed by atoms with Gasteiger partial charge in [0.15, 0.2) is 0 Å². The number of hydrogen-bond donors (Lipinski definition) is 1. The molecule has 1 aliphatic rings. The Labute approximate surface area is 73.8 Å². The third kappa shape index (κ3) is 1.11. The summed E-state index contributed by atoms with van der Waals surface area (Å²) in [6.45, 7) is -0.158. The van der Waals surface area contributed by atoms with Crippen LogP contribution in [0.25, 0.3) is 0 Å². The average molecular weight is 178 g/mol. The van der Waals surface area contributed by atoms with Crippen LogP contribution in [0, 0.1) is 0 Å². The maximum absolute atomic E-state index is 11.0. The average Bonchev–Trinajstić information content (AvgIpc) is 2.42. The molecule has 0 saturated heterocycles. The zero-order valence-electron chi connectivity index (χ0n) is 6.61. The lowest BCUT2D eigenvalue weighted by Gasteiger charge is -1.95. The van der Waals surface area contributed by atoms with E-state index < -0.39 is 11.9 Å². The number of fused-ring (bicyclic) bond motifs is 1. The summed E-state index contributed by atoms with van der Waals surface area (Å²) in [6, 6.07) is 4.52. The third-order valence-electron chi connectivity index (χ3n) is 1.89. The van der Waals surface area contributed by atoms with Crippen LogP contribution in [-0.4, -0.2) is 17.0 Å². The molecule has 0 saturated carbocycles. The van der Waals surface area contributed by atoms with E-state index >= 15 is 0 Å². The van der Waals surface area contributed by atoms with E-state index in [0.29, 0.717) is 5.56 Å². The second kappa shape index (κ2) is 2.67. The Morgan fingerprint density at radius 1 is 1.15 bits per heavy atom. The first-order valence-corrected chi connectivity index (χ1v) is 3.72. The number of rotatable bonds is 1. The Kier molecular flexibility index (Phi) is 1.63. The minimum atomic E-state index is -0.643. The van der Waals surface area contributed by atoms with Crippen molar-refractivity contribution in [2.45, 2.75) is 6.61 Å². The van der Waals surface area contributed by atoms with Crippen LogP contribution in [0.3, 0.4) is 0 Å². The zero-order valence-corrected chi connectivity index (χ0v) is 6.61. The molecule has 66 valence electrons. The number of esters is 2. The first kappa shape index (κ1) is 7.94. The smallest absolute Gasteiger partial charge is 0.346 e. The summed E-state index contributed by atoms with van der Waals surface area (Å²) in [7, 11) is 0. The molecule has 0 amide bonds. The molecule has 4 heteroatoms. The zero-order chi connectivity index (χ0) is 9.42. The van der Waals surface area contributed by atoms with Crippen molar-refractivity contribution in [2.24, 2.45) is 0 Å². The van der Waals surface area contributed by atoms with Crippen molar-refractivity contribution >= 4 is 11.9 Å². The molecule has 0 aromatic heterocycles. The van der Waals surface area contributed by atoms with Gasteiger partial charge in [0.05, 0.1) is 17.7 Å². The molecule has 1 aromatic rings. The molecule has 13 heavy (non-hydrogen) atoms. The highest BCUT2D eigenvalue weighted by Gasteiger charge is 2.29. The first-order valence-electron chi connectivity index (χ1n) is 3.72. The fourth-order valence-electron chi connectivity index (χ4n) is 1.23. The molecule has 1 N–H and O–H groups in total. The maximum Gasteiger partial charge on any atom is 0.346 e. The summed E-state index contributed by atoms with van der Waals surface area (Å²) < 4.78 is 4.37. The largest absolute Gasteiger partial charge is 0.392 e. The summed E-state index contributed by atoms with van der Waals surface area (Å²) in [5.41, 5.74) is 1.09. The van der Waals surface area contributed by atoms with Crippen LogP contribution in [0.4, 0.5) is 0 Å². The van der Waals surface area contributed by atoms with Crippen molar-refractivity contribution in [1.29, 1.82) is 0 Å². The minimum absolute atomic E-state index is 0.158. The van der Waals surface area contributed by atoms with Crippen LogP contribution in [0.15, 0.2) is 18.2 Å². The van der Waals surface area contributed by atoms with Crippen LogP contribution in [0.1, 0.15) is 26.3 Å². The summed E-state index contributed by atoms with van der Waals surface area (Å²) in [6.07, 6.45) is 0. The van der Waals surface area contributed by atoms with E-state index in [0.717, 1.165) is 0 Å². The number of ether oxygens (including phenoxy) is 1. The fourth-order valence-corrected chi connectivity index (χ4v) is 1.23. The first-order chi connectivity index (χ1) is 6.22. The van der Waals surface area contributed by atoms with Crippen molar-refractivity contribution in [3.8, 4) is 0 Å². The van der Waals surface area contributed by atoms with Gasteiger partial charge in [-0.15, -0.1) is 0 Å². The topological polar surface area (TPSA) is 63.6 Å². The van der Waals surface area contributed by atoms with E-state index in [-0.39, 0.29) is 17.7 Å². The monoisotopic (exact) mass is 178 g/mol. The van der Waals surface area contributed by atoms with E-state index in [1.54, 1.807) is 6.07 Å². The molecular formula is C9H6O4. The third-order valence-corrected chi connectivity index (χ3v) is 1.89. The second-order valence-electron chi connectivity index (χ2n) is 2.72.